The lowest BCUT2D eigenvalue weighted by molar-refractivity contribution is 0.188. The van der Waals surface area contributed by atoms with Crippen LogP contribution in [0, 0.1) is 0 Å². The van der Waals surface area contributed by atoms with Gasteiger partial charge in [-0.05, 0) is 69.1 Å². The number of hydrogen-bond donors (Lipinski definition) is 0. The smallest absolute Gasteiger partial charge is 0.188 e. The largest absolute Gasteiger partial charge is 0.494 e. The summed E-state index contributed by atoms with van der Waals surface area (Å²) in [5, 5.41) is -0.644. The SMILES string of the molecule is C[C@@H]1[C@H](c2ccc(OCCCN3CCCC3)cc2)Oc2ccccc2S1(=O)=O. The number of likely N-dealkylation sites (tertiary alicyclic amines) is 1. The Morgan fingerprint density at radius 3 is 2.54 bits per heavy atom. The summed E-state index contributed by atoms with van der Waals surface area (Å²) in [6.07, 6.45) is 3.11. The maximum Gasteiger partial charge on any atom is 0.188 e. The minimum absolute atomic E-state index is 0.275. The molecular formula is C22H27NO4S. The Bertz CT molecular complexity index is 904. The second kappa shape index (κ2) is 8.13. The van der Waals surface area contributed by atoms with Crippen molar-refractivity contribution in [3.63, 3.8) is 0 Å². The number of fused-ring (bicyclic) bond motifs is 1. The first-order chi connectivity index (χ1) is 13.6. The van der Waals surface area contributed by atoms with E-state index in [1.54, 1.807) is 31.2 Å². The molecule has 2 heterocycles. The van der Waals surface area contributed by atoms with Crippen LogP contribution >= 0.6 is 0 Å². The van der Waals surface area contributed by atoms with E-state index < -0.39 is 21.2 Å². The molecule has 28 heavy (non-hydrogen) atoms. The van der Waals surface area contributed by atoms with Crippen LogP contribution in [0.5, 0.6) is 11.5 Å². The van der Waals surface area contributed by atoms with Gasteiger partial charge in [0.2, 0.25) is 0 Å². The molecular weight excluding hydrogens is 374 g/mol. The quantitative estimate of drug-likeness (QED) is 0.688. The first-order valence-electron chi connectivity index (χ1n) is 10.0. The molecule has 2 aromatic rings. The molecule has 0 radical (unpaired) electrons. The highest BCUT2D eigenvalue weighted by atomic mass is 32.2. The Labute approximate surface area is 167 Å². The summed E-state index contributed by atoms with van der Waals surface area (Å²) in [5.41, 5.74) is 0.843. The first-order valence-corrected chi connectivity index (χ1v) is 11.5. The Hall–Kier alpha value is -2.05. The van der Waals surface area contributed by atoms with E-state index >= 15 is 0 Å². The molecule has 6 heteroatoms. The van der Waals surface area contributed by atoms with Gasteiger partial charge in [-0.25, -0.2) is 8.42 Å². The van der Waals surface area contributed by atoms with Crippen LogP contribution in [-0.4, -0.2) is 44.8 Å². The molecule has 0 amide bonds. The van der Waals surface area contributed by atoms with Crippen LogP contribution < -0.4 is 9.47 Å². The van der Waals surface area contributed by atoms with Gasteiger partial charge in [-0.1, -0.05) is 24.3 Å². The summed E-state index contributed by atoms with van der Waals surface area (Å²) < 4.78 is 37.5. The average molecular weight is 402 g/mol. The second-order valence-electron chi connectivity index (χ2n) is 7.56. The van der Waals surface area contributed by atoms with Gasteiger partial charge in [-0.3, -0.25) is 0 Å². The van der Waals surface area contributed by atoms with Crippen molar-refractivity contribution in [3.05, 3.63) is 54.1 Å². The molecule has 4 rings (SSSR count). The van der Waals surface area contributed by atoms with Crippen molar-refractivity contribution in [2.75, 3.05) is 26.2 Å². The molecule has 0 saturated carbocycles. The molecule has 0 bridgehead atoms. The molecule has 0 N–H and O–H groups in total. The highest BCUT2D eigenvalue weighted by Crippen LogP contribution is 2.40. The van der Waals surface area contributed by atoms with E-state index in [4.69, 9.17) is 9.47 Å². The molecule has 1 fully saturated rings. The van der Waals surface area contributed by atoms with E-state index in [0.29, 0.717) is 12.4 Å². The third kappa shape index (κ3) is 3.89. The van der Waals surface area contributed by atoms with Crippen molar-refractivity contribution in [1.29, 1.82) is 0 Å². The molecule has 2 aromatic carbocycles. The molecule has 2 aliphatic rings. The van der Waals surface area contributed by atoms with Crippen LogP contribution in [0.15, 0.2) is 53.4 Å². The fraction of sp³-hybridized carbons (Fsp3) is 0.455. The predicted octanol–water partition coefficient (Wildman–Crippen LogP) is 3.85. The van der Waals surface area contributed by atoms with Crippen molar-refractivity contribution in [3.8, 4) is 11.5 Å². The average Bonchev–Trinajstić information content (AvgIpc) is 3.22. The summed E-state index contributed by atoms with van der Waals surface area (Å²) in [7, 11) is -3.41. The summed E-state index contributed by atoms with van der Waals surface area (Å²) in [4.78, 5) is 2.75. The molecule has 150 valence electrons. The zero-order chi connectivity index (χ0) is 19.6. The highest BCUT2D eigenvalue weighted by Gasteiger charge is 2.40. The van der Waals surface area contributed by atoms with Crippen LogP contribution in [0.25, 0.3) is 0 Å². The summed E-state index contributed by atoms with van der Waals surface area (Å²) in [6.45, 7) is 5.90. The lowest BCUT2D eigenvalue weighted by Gasteiger charge is -2.31. The van der Waals surface area contributed by atoms with Crippen molar-refractivity contribution >= 4 is 9.84 Å². The predicted molar refractivity (Wildman–Crippen MR) is 109 cm³/mol. The van der Waals surface area contributed by atoms with E-state index in [1.807, 2.05) is 24.3 Å². The maximum atomic E-state index is 12.8. The van der Waals surface area contributed by atoms with Gasteiger partial charge in [0, 0.05) is 6.54 Å². The third-order valence-corrected chi connectivity index (χ3v) is 7.80. The number of nitrogens with zero attached hydrogens (tertiary/aromatic N) is 1. The Morgan fingerprint density at radius 2 is 1.79 bits per heavy atom. The minimum atomic E-state index is -3.41. The number of sulfone groups is 1. The van der Waals surface area contributed by atoms with Crippen LogP contribution in [0.4, 0.5) is 0 Å². The van der Waals surface area contributed by atoms with Gasteiger partial charge in [0.25, 0.3) is 0 Å². The fourth-order valence-electron chi connectivity index (χ4n) is 3.96. The van der Waals surface area contributed by atoms with E-state index in [2.05, 4.69) is 4.90 Å². The zero-order valence-electron chi connectivity index (χ0n) is 16.2. The second-order valence-corrected chi connectivity index (χ2v) is 9.83. The number of rotatable bonds is 6. The van der Waals surface area contributed by atoms with Crippen molar-refractivity contribution in [1.82, 2.24) is 4.90 Å². The fourth-order valence-corrected chi connectivity index (χ4v) is 5.56. The number of para-hydroxylation sites is 1. The van der Waals surface area contributed by atoms with Crippen molar-refractivity contribution < 1.29 is 17.9 Å². The van der Waals surface area contributed by atoms with Crippen LogP contribution in [0.1, 0.15) is 37.9 Å². The van der Waals surface area contributed by atoms with Gasteiger partial charge >= 0.3 is 0 Å². The van der Waals surface area contributed by atoms with E-state index in [-0.39, 0.29) is 4.90 Å². The van der Waals surface area contributed by atoms with Crippen LogP contribution in [0.3, 0.4) is 0 Å². The van der Waals surface area contributed by atoms with E-state index in [1.165, 1.54) is 25.9 Å². The molecule has 1 saturated heterocycles. The maximum absolute atomic E-state index is 12.8. The molecule has 0 unspecified atom stereocenters. The monoisotopic (exact) mass is 401 g/mol. The van der Waals surface area contributed by atoms with Gasteiger partial charge in [0.15, 0.2) is 9.84 Å². The Kier molecular flexibility index (Phi) is 5.60. The molecule has 0 spiro atoms. The van der Waals surface area contributed by atoms with Gasteiger partial charge in [-0.15, -0.1) is 0 Å². The van der Waals surface area contributed by atoms with Crippen molar-refractivity contribution in [2.24, 2.45) is 0 Å². The van der Waals surface area contributed by atoms with Gasteiger partial charge < -0.3 is 14.4 Å². The number of ether oxygens (including phenoxy) is 2. The topological polar surface area (TPSA) is 55.8 Å². The summed E-state index contributed by atoms with van der Waals surface area (Å²) in [6, 6.07) is 14.4. The molecule has 0 aromatic heterocycles. The lowest BCUT2D eigenvalue weighted by atomic mass is 10.1. The molecule has 2 atom stereocenters. The third-order valence-electron chi connectivity index (χ3n) is 5.62. The standard InChI is InChI=1S/C22H27NO4S/c1-17-22(27-20-7-2-3-8-21(20)28(17,24)25)18-9-11-19(12-10-18)26-16-6-15-23-13-4-5-14-23/h2-3,7-12,17,22H,4-6,13-16H2,1H3/t17-,22-/m1/s1. The number of benzene rings is 2. The number of hydrogen-bond acceptors (Lipinski definition) is 5. The first kappa shape index (κ1) is 19.3. The summed E-state index contributed by atoms with van der Waals surface area (Å²) >= 11 is 0. The Morgan fingerprint density at radius 1 is 1.07 bits per heavy atom. The van der Waals surface area contributed by atoms with Gasteiger partial charge in [-0.2, -0.15) is 0 Å². The lowest BCUT2D eigenvalue weighted by Crippen LogP contribution is -2.33. The van der Waals surface area contributed by atoms with Gasteiger partial charge in [0.1, 0.15) is 27.7 Å². The zero-order valence-corrected chi connectivity index (χ0v) is 17.0. The summed E-state index contributed by atoms with van der Waals surface area (Å²) in [5.74, 6) is 1.23. The Balaban J connectivity index is 1.39. The normalized spacial score (nSPS) is 23.8. The van der Waals surface area contributed by atoms with E-state index in [9.17, 15) is 8.42 Å². The molecule has 2 aliphatic heterocycles. The van der Waals surface area contributed by atoms with Gasteiger partial charge in [0.05, 0.1) is 6.61 Å². The molecule has 5 nitrogen and oxygen atoms in total. The van der Waals surface area contributed by atoms with Crippen molar-refractivity contribution in [2.45, 2.75) is 42.4 Å². The highest BCUT2D eigenvalue weighted by molar-refractivity contribution is 7.92. The van der Waals surface area contributed by atoms with Crippen LogP contribution in [-0.2, 0) is 9.84 Å². The minimum Gasteiger partial charge on any atom is -0.494 e. The van der Waals surface area contributed by atoms with Crippen LogP contribution in [0.2, 0.25) is 0 Å². The molecule has 0 aliphatic carbocycles. The van der Waals surface area contributed by atoms with E-state index in [0.717, 1.165) is 24.3 Å².